The Balaban J connectivity index is 3.24. The lowest BCUT2D eigenvalue weighted by molar-refractivity contribution is 0.937. The standard InChI is InChI=1S/C7H11N2S/c1-3-5-8-7(10)9-6-4-2/h3-4H,1-2,5-6H2,(H,8,10). The van der Waals surface area contributed by atoms with E-state index >= 15 is 0 Å². The van der Waals surface area contributed by atoms with E-state index in [1.807, 2.05) is 0 Å². The summed E-state index contributed by atoms with van der Waals surface area (Å²) in [5.74, 6) is 0. The number of hydrogen-bond acceptors (Lipinski definition) is 1. The predicted molar refractivity (Wildman–Crippen MR) is 48.0 cm³/mol. The Hall–Kier alpha value is -0.830. The van der Waals surface area contributed by atoms with E-state index in [2.05, 4.69) is 23.8 Å². The minimum Gasteiger partial charge on any atom is -0.358 e. The molecule has 1 N–H and O–H groups in total. The van der Waals surface area contributed by atoms with E-state index in [9.17, 15) is 0 Å². The normalized spacial score (nSPS) is 8.00. The second-order valence-electron chi connectivity index (χ2n) is 1.60. The maximum Gasteiger partial charge on any atom is 0.188 e. The van der Waals surface area contributed by atoms with Crippen LogP contribution in [0.2, 0.25) is 0 Å². The molecular formula is C7H11N2S. The molecule has 0 fully saturated rings. The van der Waals surface area contributed by atoms with Crippen LogP contribution in [-0.2, 0) is 0 Å². The molecule has 0 bridgehead atoms. The smallest absolute Gasteiger partial charge is 0.188 e. The molecule has 0 atom stereocenters. The van der Waals surface area contributed by atoms with Gasteiger partial charge in [0.05, 0.1) is 6.54 Å². The molecule has 0 aromatic carbocycles. The monoisotopic (exact) mass is 155 g/mol. The molecule has 0 saturated heterocycles. The first-order valence-corrected chi connectivity index (χ1v) is 3.39. The molecule has 0 amide bonds. The Morgan fingerprint density at radius 3 is 2.70 bits per heavy atom. The molecule has 0 aliphatic rings. The molecule has 10 heavy (non-hydrogen) atoms. The van der Waals surface area contributed by atoms with Gasteiger partial charge in [0.2, 0.25) is 0 Å². The average molecular weight is 155 g/mol. The van der Waals surface area contributed by atoms with E-state index in [-0.39, 0.29) is 0 Å². The van der Waals surface area contributed by atoms with Crippen LogP contribution in [0.4, 0.5) is 0 Å². The molecular weight excluding hydrogens is 144 g/mol. The first kappa shape index (κ1) is 9.17. The van der Waals surface area contributed by atoms with E-state index in [0.717, 1.165) is 0 Å². The molecule has 0 spiro atoms. The minimum absolute atomic E-state index is 0.514. The highest BCUT2D eigenvalue weighted by Crippen LogP contribution is 1.70. The van der Waals surface area contributed by atoms with E-state index in [0.29, 0.717) is 18.2 Å². The van der Waals surface area contributed by atoms with Crippen molar-refractivity contribution in [2.45, 2.75) is 0 Å². The van der Waals surface area contributed by atoms with Gasteiger partial charge in [-0.2, -0.15) is 0 Å². The lowest BCUT2D eigenvalue weighted by Crippen LogP contribution is -2.30. The lowest BCUT2D eigenvalue weighted by Gasteiger charge is -2.01. The summed E-state index contributed by atoms with van der Waals surface area (Å²) in [5.41, 5.74) is 0. The fourth-order valence-electron chi connectivity index (χ4n) is 0.363. The summed E-state index contributed by atoms with van der Waals surface area (Å²) in [7, 11) is 0. The molecule has 2 nitrogen and oxygen atoms in total. The molecule has 0 aliphatic heterocycles. The number of rotatable bonds is 4. The fourth-order valence-corrected chi connectivity index (χ4v) is 0.521. The topological polar surface area (TPSA) is 26.1 Å². The van der Waals surface area contributed by atoms with E-state index in [1.54, 1.807) is 12.2 Å². The van der Waals surface area contributed by atoms with E-state index in [1.165, 1.54) is 0 Å². The van der Waals surface area contributed by atoms with Gasteiger partial charge in [0.25, 0.3) is 0 Å². The fraction of sp³-hybridized carbons (Fsp3) is 0.286. The van der Waals surface area contributed by atoms with Gasteiger partial charge in [0.15, 0.2) is 5.11 Å². The van der Waals surface area contributed by atoms with E-state index in [4.69, 9.17) is 12.2 Å². The highest BCUT2D eigenvalue weighted by Gasteiger charge is 1.89. The molecule has 0 saturated carbocycles. The molecule has 0 aromatic rings. The molecule has 0 heterocycles. The van der Waals surface area contributed by atoms with Crippen LogP contribution in [0.5, 0.6) is 0 Å². The zero-order valence-electron chi connectivity index (χ0n) is 5.84. The van der Waals surface area contributed by atoms with Crippen molar-refractivity contribution < 1.29 is 0 Å². The maximum atomic E-state index is 4.81. The molecule has 55 valence electrons. The van der Waals surface area contributed by atoms with Crippen LogP contribution in [-0.4, -0.2) is 18.2 Å². The summed E-state index contributed by atoms with van der Waals surface area (Å²) >= 11 is 4.81. The Morgan fingerprint density at radius 2 is 2.20 bits per heavy atom. The van der Waals surface area contributed by atoms with Crippen molar-refractivity contribution >= 4 is 17.3 Å². The van der Waals surface area contributed by atoms with Gasteiger partial charge in [-0.3, -0.25) is 5.32 Å². The van der Waals surface area contributed by atoms with Crippen LogP contribution in [0.1, 0.15) is 0 Å². The zero-order chi connectivity index (χ0) is 7.82. The zero-order valence-corrected chi connectivity index (χ0v) is 6.66. The number of nitrogens with one attached hydrogen (secondary N) is 1. The average Bonchev–Trinajstić information content (AvgIpc) is 1.97. The second kappa shape index (κ2) is 6.29. The number of hydrogen-bond donors (Lipinski definition) is 1. The molecule has 1 radical (unpaired) electrons. The van der Waals surface area contributed by atoms with Crippen molar-refractivity contribution in [2.75, 3.05) is 13.1 Å². The molecule has 0 rings (SSSR count). The van der Waals surface area contributed by atoms with Crippen LogP contribution in [0.3, 0.4) is 0 Å². The van der Waals surface area contributed by atoms with Gasteiger partial charge in [-0.05, 0) is 12.2 Å². The third-order valence-corrected chi connectivity index (χ3v) is 1.04. The summed E-state index contributed by atoms with van der Waals surface area (Å²) in [6.07, 6.45) is 3.43. The third-order valence-electron chi connectivity index (χ3n) is 0.762. The van der Waals surface area contributed by atoms with Crippen LogP contribution >= 0.6 is 12.2 Å². The van der Waals surface area contributed by atoms with Crippen molar-refractivity contribution in [3.8, 4) is 0 Å². The molecule has 0 aliphatic carbocycles. The Kier molecular flexibility index (Phi) is 5.77. The third kappa shape index (κ3) is 5.31. The summed E-state index contributed by atoms with van der Waals surface area (Å²) in [6, 6.07) is 0. The minimum atomic E-state index is 0.514. The predicted octanol–water partition coefficient (Wildman–Crippen LogP) is 0.837. The van der Waals surface area contributed by atoms with Gasteiger partial charge in [-0.1, -0.05) is 12.2 Å². The van der Waals surface area contributed by atoms with Crippen molar-refractivity contribution in [2.24, 2.45) is 0 Å². The molecule has 0 aromatic heterocycles. The van der Waals surface area contributed by atoms with Crippen molar-refractivity contribution in [1.82, 2.24) is 10.6 Å². The SMILES string of the molecule is C=CC[N]C(=S)NCC=C. The lowest BCUT2D eigenvalue weighted by atomic mass is 10.6. The molecule has 3 heteroatoms. The first-order valence-electron chi connectivity index (χ1n) is 2.98. The van der Waals surface area contributed by atoms with Crippen molar-refractivity contribution in [3.63, 3.8) is 0 Å². The summed E-state index contributed by atoms with van der Waals surface area (Å²) < 4.78 is 0. The number of nitrogens with zero attached hydrogens (tertiary/aromatic N) is 1. The van der Waals surface area contributed by atoms with Crippen LogP contribution in [0, 0.1) is 0 Å². The largest absolute Gasteiger partial charge is 0.358 e. The Bertz CT molecular complexity index is 118. The number of thiocarbonyl (C=S) groups is 1. The summed E-state index contributed by atoms with van der Waals surface area (Å²) in [4.78, 5) is 0. The highest BCUT2D eigenvalue weighted by molar-refractivity contribution is 7.80. The maximum absolute atomic E-state index is 4.81. The Labute approximate surface area is 67.0 Å². The van der Waals surface area contributed by atoms with Crippen LogP contribution in [0.25, 0.3) is 0 Å². The van der Waals surface area contributed by atoms with Crippen LogP contribution in [0.15, 0.2) is 25.3 Å². The molecule has 0 unspecified atom stereocenters. The first-order chi connectivity index (χ1) is 4.81. The Morgan fingerprint density at radius 1 is 1.50 bits per heavy atom. The van der Waals surface area contributed by atoms with Gasteiger partial charge < -0.3 is 5.32 Å². The van der Waals surface area contributed by atoms with Crippen molar-refractivity contribution in [1.29, 1.82) is 0 Å². The van der Waals surface area contributed by atoms with Gasteiger partial charge in [-0.25, -0.2) is 0 Å². The van der Waals surface area contributed by atoms with E-state index < -0.39 is 0 Å². The second-order valence-corrected chi connectivity index (χ2v) is 1.99. The van der Waals surface area contributed by atoms with Gasteiger partial charge in [0.1, 0.15) is 0 Å². The summed E-state index contributed by atoms with van der Waals surface area (Å²) in [6.45, 7) is 8.28. The van der Waals surface area contributed by atoms with Gasteiger partial charge >= 0.3 is 0 Å². The van der Waals surface area contributed by atoms with Gasteiger partial charge in [-0.15, -0.1) is 13.2 Å². The highest BCUT2D eigenvalue weighted by atomic mass is 32.1. The quantitative estimate of drug-likeness (QED) is 0.481. The van der Waals surface area contributed by atoms with Crippen LogP contribution < -0.4 is 10.6 Å². The summed E-state index contributed by atoms with van der Waals surface area (Å²) in [5, 5.41) is 7.31. The van der Waals surface area contributed by atoms with Gasteiger partial charge in [0, 0.05) is 6.54 Å². The van der Waals surface area contributed by atoms with Crippen molar-refractivity contribution in [3.05, 3.63) is 25.3 Å².